The average molecular weight is 328 g/mol. The topological polar surface area (TPSA) is 92.2 Å². The number of H-pyrrole nitrogens is 1. The molecule has 0 atom stereocenters. The molecule has 124 valence electrons. The van der Waals surface area contributed by atoms with Crippen LogP contribution >= 0.6 is 12.6 Å². The highest BCUT2D eigenvalue weighted by molar-refractivity contribution is 7.80. The van der Waals surface area contributed by atoms with Crippen molar-refractivity contribution in [3.8, 4) is 0 Å². The Kier molecular flexibility index (Phi) is 8.65. The minimum absolute atomic E-state index is 0.399. The molecule has 1 heterocycles. The largest absolute Gasteiger partial charge is 0.477 e. The number of aromatic nitrogens is 2. The van der Waals surface area contributed by atoms with Crippen LogP contribution < -0.4 is 11.2 Å². The van der Waals surface area contributed by atoms with Gasteiger partial charge in [-0.25, -0.2) is 9.59 Å². The number of carboxylic acid groups (broad SMARTS) is 1. The molecule has 0 aliphatic carbocycles. The lowest BCUT2D eigenvalue weighted by Crippen LogP contribution is -2.33. The first-order chi connectivity index (χ1) is 10.6. The van der Waals surface area contributed by atoms with E-state index in [-0.39, 0.29) is 0 Å². The third kappa shape index (κ3) is 6.51. The monoisotopic (exact) mass is 328 g/mol. The molecule has 22 heavy (non-hydrogen) atoms. The van der Waals surface area contributed by atoms with Gasteiger partial charge in [-0.15, -0.1) is 0 Å². The van der Waals surface area contributed by atoms with Crippen LogP contribution in [0.1, 0.15) is 61.7 Å². The third-order valence-electron chi connectivity index (χ3n) is 3.55. The van der Waals surface area contributed by atoms with Gasteiger partial charge in [0.15, 0.2) is 0 Å². The number of carbonyl (C=O) groups is 1. The molecule has 0 aliphatic heterocycles. The number of hydrogen-bond acceptors (Lipinski definition) is 4. The summed E-state index contributed by atoms with van der Waals surface area (Å²) in [6.07, 6.45) is 10.0. The first-order valence-electron chi connectivity index (χ1n) is 7.74. The Bertz CT molecular complexity index is 580. The fourth-order valence-electron chi connectivity index (χ4n) is 2.28. The summed E-state index contributed by atoms with van der Waals surface area (Å²) >= 11 is 4.17. The van der Waals surface area contributed by atoms with Crippen molar-refractivity contribution in [1.29, 1.82) is 0 Å². The Morgan fingerprint density at radius 3 is 2.14 bits per heavy atom. The van der Waals surface area contributed by atoms with Crippen molar-refractivity contribution in [2.75, 3.05) is 5.75 Å². The van der Waals surface area contributed by atoms with E-state index in [9.17, 15) is 14.4 Å². The Hall–Kier alpha value is -1.50. The summed E-state index contributed by atoms with van der Waals surface area (Å²) in [5.74, 6) is -0.372. The van der Waals surface area contributed by atoms with E-state index in [1.165, 1.54) is 36.7 Å². The second-order valence-corrected chi connectivity index (χ2v) is 5.80. The van der Waals surface area contributed by atoms with Crippen molar-refractivity contribution in [3.05, 3.63) is 32.6 Å². The summed E-state index contributed by atoms with van der Waals surface area (Å²) in [6, 6.07) is 0. The minimum Gasteiger partial charge on any atom is -0.477 e. The number of carboxylic acids is 1. The Morgan fingerprint density at radius 2 is 1.59 bits per heavy atom. The van der Waals surface area contributed by atoms with Gasteiger partial charge in [-0.2, -0.15) is 12.6 Å². The highest BCUT2D eigenvalue weighted by atomic mass is 32.1. The summed E-state index contributed by atoms with van der Waals surface area (Å²) < 4.78 is 1.26. The van der Waals surface area contributed by atoms with E-state index in [0.29, 0.717) is 6.54 Å². The highest BCUT2D eigenvalue weighted by Crippen LogP contribution is 2.09. The standard InChI is InChI=1S/C15H24N2O4S/c18-13-12(14(19)20)11-17(15(21)16-13)9-7-5-3-1-2-4-6-8-10-22/h11,22H,1-10H2,(H,19,20)(H,16,18,21). The Labute approximate surface area is 135 Å². The lowest BCUT2D eigenvalue weighted by Gasteiger charge is -2.06. The molecule has 0 amide bonds. The summed E-state index contributed by atoms with van der Waals surface area (Å²) in [5, 5.41) is 8.87. The van der Waals surface area contributed by atoms with Gasteiger partial charge in [0.05, 0.1) is 0 Å². The molecule has 0 fully saturated rings. The molecule has 0 radical (unpaired) electrons. The molecule has 1 aromatic rings. The number of aromatic carboxylic acids is 1. The number of nitrogens with zero attached hydrogens (tertiary/aromatic N) is 1. The normalized spacial score (nSPS) is 10.8. The maximum Gasteiger partial charge on any atom is 0.342 e. The molecule has 0 saturated carbocycles. The molecule has 0 spiro atoms. The second kappa shape index (κ2) is 10.3. The van der Waals surface area contributed by atoms with Gasteiger partial charge < -0.3 is 5.11 Å². The van der Waals surface area contributed by atoms with Crippen LogP contribution in [0, 0.1) is 0 Å². The van der Waals surface area contributed by atoms with E-state index >= 15 is 0 Å². The van der Waals surface area contributed by atoms with Crippen molar-refractivity contribution in [2.45, 2.75) is 57.9 Å². The van der Waals surface area contributed by atoms with Crippen molar-refractivity contribution < 1.29 is 9.90 Å². The fraction of sp³-hybridized carbons (Fsp3) is 0.667. The molecule has 7 heteroatoms. The van der Waals surface area contributed by atoms with Crippen molar-refractivity contribution in [1.82, 2.24) is 9.55 Å². The molecule has 1 rings (SSSR count). The van der Waals surface area contributed by atoms with Gasteiger partial charge in [0.25, 0.3) is 5.56 Å². The zero-order chi connectivity index (χ0) is 16.4. The molecule has 0 aliphatic rings. The number of rotatable bonds is 11. The summed E-state index contributed by atoms with van der Waals surface area (Å²) in [7, 11) is 0. The summed E-state index contributed by atoms with van der Waals surface area (Å²) in [5.41, 5.74) is -1.81. The average Bonchev–Trinajstić information content (AvgIpc) is 2.47. The number of thiol groups is 1. The molecule has 0 aromatic carbocycles. The quantitative estimate of drug-likeness (QED) is 0.429. The Morgan fingerprint density at radius 1 is 1.05 bits per heavy atom. The Balaban J connectivity index is 2.31. The van der Waals surface area contributed by atoms with E-state index in [1.807, 2.05) is 4.98 Å². The van der Waals surface area contributed by atoms with Crippen LogP contribution in [0.2, 0.25) is 0 Å². The van der Waals surface area contributed by atoms with E-state index in [1.54, 1.807) is 0 Å². The van der Waals surface area contributed by atoms with Crippen molar-refractivity contribution in [3.63, 3.8) is 0 Å². The van der Waals surface area contributed by atoms with Gasteiger partial charge in [-0.05, 0) is 18.6 Å². The smallest absolute Gasteiger partial charge is 0.342 e. The molecule has 2 N–H and O–H groups in total. The number of unbranched alkanes of at least 4 members (excludes halogenated alkanes) is 7. The van der Waals surface area contributed by atoms with E-state index in [2.05, 4.69) is 12.6 Å². The minimum atomic E-state index is -1.32. The lowest BCUT2D eigenvalue weighted by atomic mass is 10.1. The van der Waals surface area contributed by atoms with Crippen LogP contribution in [-0.4, -0.2) is 26.4 Å². The van der Waals surface area contributed by atoms with Crippen LogP contribution in [0.5, 0.6) is 0 Å². The number of nitrogens with one attached hydrogen (secondary N) is 1. The summed E-state index contributed by atoms with van der Waals surface area (Å²) in [6.45, 7) is 0.426. The zero-order valence-corrected chi connectivity index (χ0v) is 13.6. The van der Waals surface area contributed by atoms with Crippen molar-refractivity contribution >= 4 is 18.6 Å². The van der Waals surface area contributed by atoms with Crippen LogP contribution in [-0.2, 0) is 6.54 Å². The van der Waals surface area contributed by atoms with Gasteiger partial charge in [0, 0.05) is 12.7 Å². The number of hydrogen-bond donors (Lipinski definition) is 3. The van der Waals surface area contributed by atoms with Gasteiger partial charge >= 0.3 is 11.7 Å². The lowest BCUT2D eigenvalue weighted by molar-refractivity contribution is 0.0693. The van der Waals surface area contributed by atoms with E-state index in [4.69, 9.17) is 5.11 Å². The predicted molar refractivity (Wildman–Crippen MR) is 89.1 cm³/mol. The molecule has 0 unspecified atom stereocenters. The zero-order valence-electron chi connectivity index (χ0n) is 12.7. The fourth-order valence-corrected chi connectivity index (χ4v) is 2.51. The third-order valence-corrected chi connectivity index (χ3v) is 3.86. The first kappa shape index (κ1) is 18.5. The van der Waals surface area contributed by atoms with Crippen LogP contribution in [0.25, 0.3) is 0 Å². The maximum atomic E-state index is 11.6. The molecular formula is C15H24N2O4S. The van der Waals surface area contributed by atoms with Crippen LogP contribution in [0.3, 0.4) is 0 Å². The molecular weight excluding hydrogens is 304 g/mol. The van der Waals surface area contributed by atoms with Crippen LogP contribution in [0.4, 0.5) is 0 Å². The molecule has 6 nitrogen and oxygen atoms in total. The van der Waals surface area contributed by atoms with E-state index < -0.39 is 22.8 Å². The van der Waals surface area contributed by atoms with E-state index in [0.717, 1.165) is 31.2 Å². The molecule has 0 bridgehead atoms. The van der Waals surface area contributed by atoms with Gasteiger partial charge in [0.2, 0.25) is 0 Å². The van der Waals surface area contributed by atoms with Gasteiger partial charge in [-0.1, -0.05) is 38.5 Å². The van der Waals surface area contributed by atoms with Crippen molar-refractivity contribution in [2.24, 2.45) is 0 Å². The number of aromatic amines is 1. The first-order valence-corrected chi connectivity index (χ1v) is 8.37. The second-order valence-electron chi connectivity index (χ2n) is 5.35. The number of aryl methyl sites for hydroxylation is 1. The molecule has 0 saturated heterocycles. The van der Waals surface area contributed by atoms with Gasteiger partial charge in [-0.3, -0.25) is 14.3 Å². The highest BCUT2D eigenvalue weighted by Gasteiger charge is 2.11. The molecule has 1 aromatic heterocycles. The SMILES string of the molecule is O=C(O)c1cn(CCCCCCCCCCS)c(=O)[nH]c1=O. The maximum absolute atomic E-state index is 11.6. The summed E-state index contributed by atoms with van der Waals surface area (Å²) in [4.78, 5) is 35.8. The predicted octanol–water partition coefficient (Wildman–Crippen LogP) is 2.29. The van der Waals surface area contributed by atoms with Crippen LogP contribution in [0.15, 0.2) is 15.8 Å². The van der Waals surface area contributed by atoms with Gasteiger partial charge in [0.1, 0.15) is 5.56 Å².